The molecule has 0 saturated carbocycles. The van der Waals surface area contributed by atoms with Crippen molar-refractivity contribution in [3.05, 3.63) is 46.1 Å². The summed E-state index contributed by atoms with van der Waals surface area (Å²) in [6.45, 7) is 14.0. The molecule has 0 aliphatic rings. The zero-order valence-electron chi connectivity index (χ0n) is 17.8. The van der Waals surface area contributed by atoms with Crippen LogP contribution < -0.4 is 15.5 Å². The van der Waals surface area contributed by atoms with Gasteiger partial charge in [0.1, 0.15) is 17.2 Å². The summed E-state index contributed by atoms with van der Waals surface area (Å²) in [6, 6.07) is 7.53. The molecule has 7 heteroatoms. The zero-order valence-corrected chi connectivity index (χ0v) is 18.7. The second-order valence-corrected chi connectivity index (χ2v) is 8.35. The number of thiophene rings is 1. The van der Waals surface area contributed by atoms with Crippen molar-refractivity contribution in [1.29, 1.82) is 0 Å². The van der Waals surface area contributed by atoms with E-state index in [2.05, 4.69) is 38.3 Å². The van der Waals surface area contributed by atoms with Crippen LogP contribution in [-0.4, -0.2) is 35.5 Å². The molecular weight excluding hydrogens is 382 g/mol. The van der Waals surface area contributed by atoms with Crippen LogP contribution in [0.1, 0.15) is 47.4 Å². The molecule has 1 aromatic carbocycles. The Morgan fingerprint density at radius 2 is 1.90 bits per heavy atom. The smallest absolute Gasteiger partial charge is 0.251 e. The standard InChI is InChI=1S/C22H29N5OS/c1-6-23-21(28)16-10-9-11-17(12-16)24-20-19-14(4)15(5)29-22(19)26-18(25-20)13-27(7-2)8-3/h9-12H,6-8,13H2,1-5H3,(H,23,28)(H,24,25,26)/p+1. The topological polar surface area (TPSA) is 71.3 Å². The van der Waals surface area contributed by atoms with Gasteiger partial charge in [0.25, 0.3) is 5.91 Å². The number of quaternary nitrogens is 1. The van der Waals surface area contributed by atoms with Crippen molar-refractivity contribution >= 4 is 39.0 Å². The fourth-order valence-corrected chi connectivity index (χ4v) is 4.37. The number of carbonyl (C=O) groups excluding carboxylic acids is 1. The second-order valence-electron chi connectivity index (χ2n) is 7.15. The first-order chi connectivity index (χ1) is 14.0. The Balaban J connectivity index is 2.01. The summed E-state index contributed by atoms with van der Waals surface area (Å²) in [5.41, 5.74) is 2.68. The molecule has 3 aromatic rings. The van der Waals surface area contributed by atoms with Crippen LogP contribution in [-0.2, 0) is 6.54 Å². The lowest BCUT2D eigenvalue weighted by Crippen LogP contribution is -3.10. The molecule has 0 aliphatic heterocycles. The van der Waals surface area contributed by atoms with Gasteiger partial charge < -0.3 is 15.5 Å². The molecule has 0 unspecified atom stereocenters. The maximum Gasteiger partial charge on any atom is 0.251 e. The lowest BCUT2D eigenvalue weighted by atomic mass is 10.1. The highest BCUT2D eigenvalue weighted by molar-refractivity contribution is 7.18. The van der Waals surface area contributed by atoms with Gasteiger partial charge in [-0.1, -0.05) is 6.07 Å². The van der Waals surface area contributed by atoms with Gasteiger partial charge in [-0.25, -0.2) is 9.97 Å². The Hall–Kier alpha value is -2.51. The van der Waals surface area contributed by atoms with Crippen molar-refractivity contribution < 1.29 is 9.69 Å². The molecule has 29 heavy (non-hydrogen) atoms. The molecule has 2 heterocycles. The number of aromatic nitrogens is 2. The molecule has 154 valence electrons. The number of nitrogens with zero attached hydrogens (tertiary/aromatic N) is 2. The van der Waals surface area contributed by atoms with Crippen LogP contribution in [0.5, 0.6) is 0 Å². The molecule has 0 spiro atoms. The zero-order chi connectivity index (χ0) is 21.0. The summed E-state index contributed by atoms with van der Waals surface area (Å²) < 4.78 is 0. The Bertz CT molecular complexity index is 1010. The van der Waals surface area contributed by atoms with E-state index in [-0.39, 0.29) is 5.91 Å². The molecule has 3 rings (SSSR count). The molecule has 3 N–H and O–H groups in total. The molecule has 0 saturated heterocycles. The average Bonchev–Trinajstić information content (AvgIpc) is 3.00. The highest BCUT2D eigenvalue weighted by atomic mass is 32.1. The van der Waals surface area contributed by atoms with Crippen LogP contribution in [0, 0.1) is 13.8 Å². The molecule has 2 aromatic heterocycles. The SMILES string of the molecule is CCNC(=O)c1cccc(Nc2nc(C[NH+](CC)CC)nc3sc(C)c(C)c23)c1. The van der Waals surface area contributed by atoms with E-state index in [0.717, 1.165) is 47.2 Å². The van der Waals surface area contributed by atoms with E-state index in [9.17, 15) is 4.79 Å². The van der Waals surface area contributed by atoms with Crippen molar-refractivity contribution in [1.82, 2.24) is 15.3 Å². The third-order valence-electron chi connectivity index (χ3n) is 5.21. The van der Waals surface area contributed by atoms with Gasteiger partial charge in [-0.05, 0) is 58.4 Å². The first-order valence-corrected chi connectivity index (χ1v) is 11.0. The summed E-state index contributed by atoms with van der Waals surface area (Å²) in [7, 11) is 0. The molecule has 0 aliphatic carbocycles. The molecular formula is C22H30N5OS+. The molecule has 1 amide bonds. The van der Waals surface area contributed by atoms with Crippen LogP contribution in [0.15, 0.2) is 24.3 Å². The number of fused-ring (bicyclic) bond motifs is 1. The van der Waals surface area contributed by atoms with E-state index in [0.29, 0.717) is 12.1 Å². The van der Waals surface area contributed by atoms with E-state index in [1.54, 1.807) is 11.3 Å². The Labute approximate surface area is 176 Å². The number of hydrogen-bond donors (Lipinski definition) is 3. The van der Waals surface area contributed by atoms with E-state index in [4.69, 9.17) is 9.97 Å². The van der Waals surface area contributed by atoms with Gasteiger partial charge in [0.15, 0.2) is 5.82 Å². The lowest BCUT2D eigenvalue weighted by Gasteiger charge is -2.15. The van der Waals surface area contributed by atoms with Gasteiger partial charge in [-0.3, -0.25) is 4.79 Å². The van der Waals surface area contributed by atoms with Crippen LogP contribution in [0.2, 0.25) is 0 Å². The van der Waals surface area contributed by atoms with Crippen LogP contribution >= 0.6 is 11.3 Å². The van der Waals surface area contributed by atoms with E-state index < -0.39 is 0 Å². The summed E-state index contributed by atoms with van der Waals surface area (Å²) in [4.78, 5) is 25.6. The quantitative estimate of drug-likeness (QED) is 0.531. The summed E-state index contributed by atoms with van der Waals surface area (Å²) in [5.74, 6) is 1.59. The van der Waals surface area contributed by atoms with Crippen molar-refractivity contribution in [2.45, 2.75) is 41.2 Å². The molecule has 0 radical (unpaired) electrons. The molecule has 0 fully saturated rings. The number of benzene rings is 1. The maximum atomic E-state index is 12.2. The third-order valence-corrected chi connectivity index (χ3v) is 6.31. The van der Waals surface area contributed by atoms with Crippen LogP contribution in [0.3, 0.4) is 0 Å². The number of amides is 1. The van der Waals surface area contributed by atoms with Gasteiger partial charge in [0.05, 0.1) is 18.5 Å². The first-order valence-electron chi connectivity index (χ1n) is 10.2. The maximum absolute atomic E-state index is 12.2. The highest BCUT2D eigenvalue weighted by Gasteiger charge is 2.17. The predicted molar refractivity (Wildman–Crippen MR) is 120 cm³/mol. The van der Waals surface area contributed by atoms with Gasteiger partial charge in [0, 0.05) is 22.7 Å². The normalized spacial score (nSPS) is 11.2. The fourth-order valence-electron chi connectivity index (χ4n) is 3.32. The Kier molecular flexibility index (Phi) is 6.82. The molecule has 0 bridgehead atoms. The van der Waals surface area contributed by atoms with Crippen molar-refractivity contribution in [2.24, 2.45) is 0 Å². The van der Waals surface area contributed by atoms with Gasteiger partial charge in [-0.2, -0.15) is 0 Å². The van der Waals surface area contributed by atoms with E-state index >= 15 is 0 Å². The highest BCUT2D eigenvalue weighted by Crippen LogP contribution is 2.34. The molecule has 6 nitrogen and oxygen atoms in total. The fraction of sp³-hybridized carbons (Fsp3) is 0.409. The number of carbonyl (C=O) groups is 1. The minimum atomic E-state index is -0.0719. The Morgan fingerprint density at radius 3 is 2.59 bits per heavy atom. The number of aryl methyl sites for hydroxylation is 2. The van der Waals surface area contributed by atoms with Gasteiger partial charge >= 0.3 is 0 Å². The second kappa shape index (κ2) is 9.33. The summed E-state index contributed by atoms with van der Waals surface area (Å²) in [5, 5.41) is 7.36. The summed E-state index contributed by atoms with van der Waals surface area (Å²) >= 11 is 1.71. The minimum Gasteiger partial charge on any atom is -0.352 e. The first kappa shape index (κ1) is 21.2. The van der Waals surface area contributed by atoms with Gasteiger partial charge in [0.2, 0.25) is 0 Å². The Morgan fingerprint density at radius 1 is 1.14 bits per heavy atom. The number of hydrogen-bond acceptors (Lipinski definition) is 5. The predicted octanol–water partition coefficient (Wildman–Crippen LogP) is 3.23. The molecule has 0 atom stereocenters. The van der Waals surface area contributed by atoms with E-state index in [1.807, 2.05) is 31.2 Å². The van der Waals surface area contributed by atoms with Crippen LogP contribution in [0.4, 0.5) is 11.5 Å². The van der Waals surface area contributed by atoms with Crippen molar-refractivity contribution in [3.63, 3.8) is 0 Å². The largest absolute Gasteiger partial charge is 0.352 e. The summed E-state index contributed by atoms with van der Waals surface area (Å²) in [6.07, 6.45) is 0. The van der Waals surface area contributed by atoms with Crippen LogP contribution in [0.25, 0.3) is 10.2 Å². The number of nitrogens with one attached hydrogen (secondary N) is 3. The third kappa shape index (κ3) is 4.74. The number of rotatable bonds is 8. The van der Waals surface area contributed by atoms with E-state index in [1.165, 1.54) is 15.3 Å². The lowest BCUT2D eigenvalue weighted by molar-refractivity contribution is -0.910. The van der Waals surface area contributed by atoms with Crippen molar-refractivity contribution in [3.8, 4) is 0 Å². The monoisotopic (exact) mass is 412 g/mol. The van der Waals surface area contributed by atoms with Crippen molar-refractivity contribution in [2.75, 3.05) is 25.0 Å². The average molecular weight is 413 g/mol. The van der Waals surface area contributed by atoms with Gasteiger partial charge in [-0.15, -0.1) is 11.3 Å². The number of anilines is 2. The minimum absolute atomic E-state index is 0.0719.